The molecule has 1 aliphatic rings. The van der Waals surface area contributed by atoms with Gasteiger partial charge in [0.15, 0.2) is 0 Å². The first kappa shape index (κ1) is 16.5. The Morgan fingerprint density at radius 2 is 1.96 bits per heavy atom. The monoisotopic (exact) mass is 326 g/mol. The normalized spacial score (nSPS) is 17.7. The first-order valence-corrected chi connectivity index (χ1v) is 8.46. The average molecular weight is 326 g/mol. The van der Waals surface area contributed by atoms with Crippen molar-refractivity contribution in [3.8, 4) is 0 Å². The van der Waals surface area contributed by atoms with Crippen molar-refractivity contribution < 1.29 is 0 Å². The fraction of sp³-hybridized carbons (Fsp3) is 0.500. The van der Waals surface area contributed by atoms with Crippen molar-refractivity contribution in [2.45, 2.75) is 25.8 Å². The average Bonchev–Trinajstić information content (AvgIpc) is 2.61. The lowest BCUT2D eigenvalue weighted by Gasteiger charge is -2.38. The zero-order chi connectivity index (χ0) is 17.1. The molecule has 2 aromatic heterocycles. The fourth-order valence-electron chi connectivity index (χ4n) is 3.12. The van der Waals surface area contributed by atoms with Crippen molar-refractivity contribution in [1.29, 1.82) is 0 Å². The first-order chi connectivity index (χ1) is 11.5. The van der Waals surface area contributed by atoms with Gasteiger partial charge in [0.05, 0.1) is 0 Å². The van der Waals surface area contributed by atoms with Crippen molar-refractivity contribution in [2.24, 2.45) is 0 Å². The molecule has 0 aliphatic carbocycles. The fourth-order valence-corrected chi connectivity index (χ4v) is 3.12. The number of aryl methyl sites for hydroxylation is 1. The molecule has 3 heterocycles. The van der Waals surface area contributed by atoms with Gasteiger partial charge in [-0.3, -0.25) is 0 Å². The van der Waals surface area contributed by atoms with Gasteiger partial charge in [-0.2, -0.15) is 4.98 Å². The van der Waals surface area contributed by atoms with E-state index in [-0.39, 0.29) is 0 Å². The van der Waals surface area contributed by atoms with Gasteiger partial charge in [-0.15, -0.1) is 0 Å². The number of piperidine rings is 1. The highest BCUT2D eigenvalue weighted by Crippen LogP contribution is 2.24. The van der Waals surface area contributed by atoms with Crippen LogP contribution in [-0.4, -0.2) is 55.2 Å². The Labute approximate surface area is 144 Å². The minimum atomic E-state index is 0.422. The number of likely N-dealkylation sites (N-methyl/N-ethyl adjacent to an activating group) is 1. The predicted molar refractivity (Wildman–Crippen MR) is 99.0 cm³/mol. The second-order valence-electron chi connectivity index (χ2n) is 6.60. The third-order valence-electron chi connectivity index (χ3n) is 4.53. The van der Waals surface area contributed by atoms with Gasteiger partial charge in [-0.05, 0) is 38.0 Å². The molecule has 0 amide bonds. The summed E-state index contributed by atoms with van der Waals surface area (Å²) in [5.41, 5.74) is 1.06. The van der Waals surface area contributed by atoms with Gasteiger partial charge in [0.2, 0.25) is 5.95 Å². The summed E-state index contributed by atoms with van der Waals surface area (Å²) < 4.78 is 0. The van der Waals surface area contributed by atoms with E-state index in [9.17, 15) is 0 Å². The third-order valence-corrected chi connectivity index (χ3v) is 4.53. The number of aromatic nitrogens is 3. The minimum absolute atomic E-state index is 0.422. The van der Waals surface area contributed by atoms with E-state index in [0.717, 1.165) is 42.8 Å². The van der Waals surface area contributed by atoms with Crippen LogP contribution in [-0.2, 0) is 0 Å². The predicted octanol–water partition coefficient (Wildman–Crippen LogP) is 2.35. The van der Waals surface area contributed by atoms with Crippen LogP contribution in [0, 0.1) is 6.92 Å². The van der Waals surface area contributed by atoms with E-state index in [1.807, 2.05) is 44.2 Å². The highest BCUT2D eigenvalue weighted by molar-refractivity contribution is 5.46. The van der Waals surface area contributed by atoms with Crippen LogP contribution in [0.5, 0.6) is 0 Å². The van der Waals surface area contributed by atoms with Crippen molar-refractivity contribution in [3.05, 3.63) is 36.2 Å². The summed E-state index contributed by atoms with van der Waals surface area (Å²) >= 11 is 0. The van der Waals surface area contributed by atoms with E-state index >= 15 is 0 Å². The molecule has 1 aliphatic heterocycles. The molecular formula is C18H26N6. The molecule has 1 fully saturated rings. The van der Waals surface area contributed by atoms with E-state index < -0.39 is 0 Å². The van der Waals surface area contributed by atoms with Crippen LogP contribution in [0.3, 0.4) is 0 Å². The summed E-state index contributed by atoms with van der Waals surface area (Å²) in [5, 5.41) is 0. The summed E-state index contributed by atoms with van der Waals surface area (Å²) in [6.07, 6.45) is 4.16. The quantitative estimate of drug-likeness (QED) is 0.859. The standard InChI is InChI=1S/C18H26N6/c1-14-7-5-9-17(20-14)24-12-6-8-15(13-24)23(4)16-10-11-19-18(21-16)22(2)3/h5,7,9-11,15H,6,8,12-13H2,1-4H3. The van der Waals surface area contributed by atoms with Gasteiger partial charge in [0.1, 0.15) is 11.6 Å². The van der Waals surface area contributed by atoms with Crippen LogP contribution >= 0.6 is 0 Å². The number of pyridine rings is 1. The third kappa shape index (κ3) is 3.58. The SMILES string of the molecule is Cc1cccc(N2CCCC(N(C)c3ccnc(N(C)C)n3)C2)n1. The van der Waals surface area contributed by atoms with Gasteiger partial charge in [-0.1, -0.05) is 6.07 Å². The lowest BCUT2D eigenvalue weighted by molar-refractivity contribution is 0.483. The molecule has 128 valence electrons. The number of anilines is 3. The molecule has 1 saturated heterocycles. The maximum Gasteiger partial charge on any atom is 0.226 e. The highest BCUT2D eigenvalue weighted by atomic mass is 15.3. The summed E-state index contributed by atoms with van der Waals surface area (Å²) in [6.45, 7) is 4.07. The molecule has 3 rings (SSSR count). The minimum Gasteiger partial charge on any atom is -0.355 e. The molecule has 24 heavy (non-hydrogen) atoms. The number of hydrogen-bond donors (Lipinski definition) is 0. The van der Waals surface area contributed by atoms with E-state index in [1.54, 1.807) is 0 Å². The second-order valence-corrected chi connectivity index (χ2v) is 6.60. The molecule has 0 bridgehead atoms. The van der Waals surface area contributed by atoms with E-state index in [0.29, 0.717) is 6.04 Å². The maximum atomic E-state index is 4.68. The van der Waals surface area contributed by atoms with Crippen molar-refractivity contribution in [1.82, 2.24) is 15.0 Å². The van der Waals surface area contributed by atoms with Crippen LogP contribution in [0.25, 0.3) is 0 Å². The zero-order valence-corrected chi connectivity index (χ0v) is 15.0. The Hall–Kier alpha value is -2.37. The molecule has 0 N–H and O–H groups in total. The molecule has 1 atom stereocenters. The number of hydrogen-bond acceptors (Lipinski definition) is 6. The maximum absolute atomic E-state index is 4.68. The Bertz CT molecular complexity index is 687. The lowest BCUT2D eigenvalue weighted by Crippen LogP contribution is -2.47. The molecule has 0 radical (unpaired) electrons. The first-order valence-electron chi connectivity index (χ1n) is 8.46. The number of rotatable bonds is 4. The van der Waals surface area contributed by atoms with Crippen LogP contribution in [0.1, 0.15) is 18.5 Å². The van der Waals surface area contributed by atoms with Crippen LogP contribution < -0.4 is 14.7 Å². The molecule has 6 nitrogen and oxygen atoms in total. The largest absolute Gasteiger partial charge is 0.355 e. The lowest BCUT2D eigenvalue weighted by atomic mass is 10.0. The Balaban J connectivity index is 1.75. The zero-order valence-electron chi connectivity index (χ0n) is 15.0. The molecule has 0 aromatic carbocycles. The topological polar surface area (TPSA) is 48.4 Å². The Morgan fingerprint density at radius 3 is 2.71 bits per heavy atom. The van der Waals surface area contributed by atoms with Crippen LogP contribution in [0.2, 0.25) is 0 Å². The van der Waals surface area contributed by atoms with E-state index in [2.05, 4.69) is 43.9 Å². The Kier molecular flexibility index (Phi) is 4.83. The van der Waals surface area contributed by atoms with Gasteiger partial charge >= 0.3 is 0 Å². The van der Waals surface area contributed by atoms with Crippen LogP contribution in [0.15, 0.2) is 30.5 Å². The summed E-state index contributed by atoms with van der Waals surface area (Å²) in [7, 11) is 6.05. The summed E-state index contributed by atoms with van der Waals surface area (Å²) in [4.78, 5) is 20.2. The van der Waals surface area contributed by atoms with Gasteiger partial charge < -0.3 is 14.7 Å². The Morgan fingerprint density at radius 1 is 1.12 bits per heavy atom. The van der Waals surface area contributed by atoms with Crippen LogP contribution in [0.4, 0.5) is 17.6 Å². The molecule has 1 unspecified atom stereocenters. The molecular weight excluding hydrogens is 300 g/mol. The molecule has 0 saturated carbocycles. The highest BCUT2D eigenvalue weighted by Gasteiger charge is 2.25. The summed E-state index contributed by atoms with van der Waals surface area (Å²) in [5.74, 6) is 2.79. The van der Waals surface area contributed by atoms with Gasteiger partial charge in [-0.25, -0.2) is 9.97 Å². The molecule has 2 aromatic rings. The van der Waals surface area contributed by atoms with Gasteiger partial charge in [0.25, 0.3) is 0 Å². The molecule has 6 heteroatoms. The smallest absolute Gasteiger partial charge is 0.226 e. The summed E-state index contributed by atoms with van der Waals surface area (Å²) in [6, 6.07) is 8.63. The van der Waals surface area contributed by atoms with Crippen molar-refractivity contribution in [2.75, 3.05) is 48.9 Å². The second kappa shape index (κ2) is 7.03. The van der Waals surface area contributed by atoms with Gasteiger partial charge in [0, 0.05) is 52.2 Å². The van der Waals surface area contributed by atoms with Crippen molar-refractivity contribution >= 4 is 17.6 Å². The van der Waals surface area contributed by atoms with E-state index in [4.69, 9.17) is 0 Å². The van der Waals surface area contributed by atoms with E-state index in [1.165, 1.54) is 6.42 Å². The molecule has 0 spiro atoms. The number of nitrogens with zero attached hydrogens (tertiary/aromatic N) is 6. The van der Waals surface area contributed by atoms with Crippen molar-refractivity contribution in [3.63, 3.8) is 0 Å².